The second-order valence-electron chi connectivity index (χ2n) is 5.07. The highest BCUT2D eigenvalue weighted by Gasteiger charge is 2.20. The van der Waals surface area contributed by atoms with Crippen LogP contribution in [0, 0.1) is 0 Å². The smallest absolute Gasteiger partial charge is 0.233 e. The number of rotatable bonds is 5. The van der Waals surface area contributed by atoms with Crippen LogP contribution in [0.25, 0.3) is 0 Å². The number of carbonyl (C=O) groups is 1. The van der Waals surface area contributed by atoms with E-state index in [-0.39, 0.29) is 5.91 Å². The molecular weight excluding hydrogens is 320 g/mol. The Balaban J connectivity index is 1.69. The average molecular weight is 341 g/mol. The van der Waals surface area contributed by atoms with Crippen molar-refractivity contribution < 1.29 is 4.79 Å². The zero-order valence-electron chi connectivity index (χ0n) is 11.7. The number of likely N-dealkylation sites (tertiary alicyclic amines) is 1. The minimum atomic E-state index is 0.0930. The highest BCUT2D eigenvalue weighted by molar-refractivity contribution is 9.10. The molecule has 0 aromatic carbocycles. The summed E-state index contributed by atoms with van der Waals surface area (Å²) in [6.07, 6.45) is 3.98. The maximum atomic E-state index is 11.3. The summed E-state index contributed by atoms with van der Waals surface area (Å²) < 4.78 is 1.00. The second kappa shape index (κ2) is 7.71. The third-order valence-corrected chi connectivity index (χ3v) is 4.06. The van der Waals surface area contributed by atoms with Gasteiger partial charge in [0, 0.05) is 43.4 Å². The Morgan fingerprint density at radius 2 is 2.20 bits per heavy atom. The molecule has 1 fully saturated rings. The van der Waals surface area contributed by atoms with Crippen molar-refractivity contribution in [2.24, 2.45) is 0 Å². The molecule has 0 aliphatic carbocycles. The SMILES string of the molecule is CNC(=O)CN1CCC(NCc2ccc(Br)cn2)CC1. The summed E-state index contributed by atoms with van der Waals surface area (Å²) in [6, 6.07) is 4.55. The summed E-state index contributed by atoms with van der Waals surface area (Å²) in [6.45, 7) is 3.25. The Morgan fingerprint density at radius 3 is 2.80 bits per heavy atom. The van der Waals surface area contributed by atoms with Crippen molar-refractivity contribution in [3.8, 4) is 0 Å². The molecule has 0 radical (unpaired) electrons. The van der Waals surface area contributed by atoms with Crippen LogP contribution in [0.3, 0.4) is 0 Å². The third kappa shape index (κ3) is 4.85. The van der Waals surface area contributed by atoms with Crippen LogP contribution in [0.4, 0.5) is 0 Å². The standard InChI is InChI=1S/C14H21BrN4O/c1-16-14(20)10-19-6-4-12(5-7-19)18-9-13-3-2-11(15)8-17-13/h2-3,8,12,18H,4-7,9-10H2,1H3,(H,16,20). The van der Waals surface area contributed by atoms with E-state index >= 15 is 0 Å². The van der Waals surface area contributed by atoms with Gasteiger partial charge < -0.3 is 10.6 Å². The maximum absolute atomic E-state index is 11.3. The predicted molar refractivity (Wildman–Crippen MR) is 82.3 cm³/mol. The minimum Gasteiger partial charge on any atom is -0.358 e. The largest absolute Gasteiger partial charge is 0.358 e. The molecule has 1 aromatic rings. The van der Waals surface area contributed by atoms with Gasteiger partial charge in [0.15, 0.2) is 0 Å². The van der Waals surface area contributed by atoms with Gasteiger partial charge in [-0.2, -0.15) is 0 Å². The van der Waals surface area contributed by atoms with E-state index in [4.69, 9.17) is 0 Å². The summed E-state index contributed by atoms with van der Waals surface area (Å²) in [4.78, 5) is 17.9. The normalized spacial score (nSPS) is 17.1. The van der Waals surface area contributed by atoms with Crippen molar-refractivity contribution in [2.45, 2.75) is 25.4 Å². The van der Waals surface area contributed by atoms with E-state index in [2.05, 4.69) is 36.4 Å². The van der Waals surface area contributed by atoms with Crippen molar-refractivity contribution >= 4 is 21.8 Å². The molecule has 0 bridgehead atoms. The van der Waals surface area contributed by atoms with Crippen LogP contribution in [-0.2, 0) is 11.3 Å². The summed E-state index contributed by atoms with van der Waals surface area (Å²) in [5, 5.41) is 6.21. The number of nitrogens with zero attached hydrogens (tertiary/aromatic N) is 2. The number of carbonyl (C=O) groups excluding carboxylic acids is 1. The molecule has 1 aromatic heterocycles. The number of hydrogen-bond acceptors (Lipinski definition) is 4. The molecule has 0 unspecified atom stereocenters. The first-order valence-corrected chi connectivity index (χ1v) is 7.73. The lowest BCUT2D eigenvalue weighted by molar-refractivity contribution is -0.122. The lowest BCUT2D eigenvalue weighted by atomic mass is 10.0. The van der Waals surface area contributed by atoms with Crippen molar-refractivity contribution in [3.63, 3.8) is 0 Å². The quantitative estimate of drug-likeness (QED) is 0.844. The van der Waals surface area contributed by atoms with Crippen molar-refractivity contribution in [3.05, 3.63) is 28.5 Å². The number of nitrogens with one attached hydrogen (secondary N) is 2. The molecule has 0 atom stereocenters. The molecule has 0 spiro atoms. The van der Waals surface area contributed by atoms with Gasteiger partial charge in [0.25, 0.3) is 0 Å². The van der Waals surface area contributed by atoms with Gasteiger partial charge >= 0.3 is 0 Å². The number of pyridine rings is 1. The predicted octanol–water partition coefficient (Wildman–Crippen LogP) is 1.14. The number of halogens is 1. The van der Waals surface area contributed by atoms with E-state index < -0.39 is 0 Å². The van der Waals surface area contributed by atoms with Crippen molar-refractivity contribution in [2.75, 3.05) is 26.7 Å². The molecule has 2 rings (SSSR count). The van der Waals surface area contributed by atoms with Crippen molar-refractivity contribution in [1.82, 2.24) is 20.5 Å². The number of likely N-dealkylation sites (N-methyl/N-ethyl adjacent to an activating group) is 1. The Hall–Kier alpha value is -0.980. The van der Waals surface area contributed by atoms with E-state index in [1.54, 1.807) is 7.05 Å². The van der Waals surface area contributed by atoms with E-state index in [1.807, 2.05) is 18.3 Å². The van der Waals surface area contributed by atoms with Gasteiger partial charge in [-0.05, 0) is 40.9 Å². The van der Waals surface area contributed by atoms with Gasteiger partial charge in [-0.1, -0.05) is 0 Å². The topological polar surface area (TPSA) is 57.3 Å². The molecule has 5 nitrogen and oxygen atoms in total. The Bertz CT molecular complexity index is 429. The van der Waals surface area contributed by atoms with Crippen LogP contribution < -0.4 is 10.6 Å². The molecule has 1 aliphatic rings. The molecule has 20 heavy (non-hydrogen) atoms. The number of hydrogen-bond donors (Lipinski definition) is 2. The van der Waals surface area contributed by atoms with Crippen LogP contribution in [0.1, 0.15) is 18.5 Å². The minimum absolute atomic E-state index is 0.0930. The fourth-order valence-corrected chi connectivity index (χ4v) is 2.57. The summed E-state index contributed by atoms with van der Waals surface area (Å²) in [7, 11) is 1.68. The lowest BCUT2D eigenvalue weighted by Crippen LogP contribution is -2.45. The highest BCUT2D eigenvalue weighted by atomic mass is 79.9. The number of amides is 1. The van der Waals surface area contributed by atoms with Crippen molar-refractivity contribution in [1.29, 1.82) is 0 Å². The highest BCUT2D eigenvalue weighted by Crippen LogP contribution is 2.11. The molecular formula is C14H21BrN4O. The van der Waals surface area contributed by atoms with Crippen LogP contribution >= 0.6 is 15.9 Å². The molecule has 6 heteroatoms. The molecule has 2 N–H and O–H groups in total. The van der Waals surface area contributed by atoms with Gasteiger partial charge in [-0.3, -0.25) is 14.7 Å². The van der Waals surface area contributed by atoms with E-state index in [0.717, 1.165) is 42.6 Å². The van der Waals surface area contributed by atoms with E-state index in [9.17, 15) is 4.79 Å². The number of aromatic nitrogens is 1. The van der Waals surface area contributed by atoms with Crippen LogP contribution in [0.15, 0.2) is 22.8 Å². The average Bonchev–Trinajstić information content (AvgIpc) is 2.48. The fraction of sp³-hybridized carbons (Fsp3) is 0.571. The maximum Gasteiger partial charge on any atom is 0.233 e. The van der Waals surface area contributed by atoms with Gasteiger partial charge in [-0.15, -0.1) is 0 Å². The van der Waals surface area contributed by atoms with Gasteiger partial charge in [0.05, 0.1) is 12.2 Å². The molecule has 2 heterocycles. The van der Waals surface area contributed by atoms with Gasteiger partial charge in [-0.25, -0.2) is 0 Å². The Morgan fingerprint density at radius 1 is 1.45 bits per heavy atom. The van der Waals surface area contributed by atoms with E-state index in [1.165, 1.54) is 0 Å². The van der Waals surface area contributed by atoms with Crippen LogP contribution in [0.5, 0.6) is 0 Å². The second-order valence-corrected chi connectivity index (χ2v) is 5.99. The van der Waals surface area contributed by atoms with Gasteiger partial charge in [0.1, 0.15) is 0 Å². The first-order chi connectivity index (χ1) is 9.67. The van der Waals surface area contributed by atoms with Gasteiger partial charge in [0.2, 0.25) is 5.91 Å². The van der Waals surface area contributed by atoms with Crippen LogP contribution in [-0.4, -0.2) is 48.5 Å². The summed E-state index contributed by atoms with van der Waals surface area (Å²) in [5.74, 6) is 0.0930. The first-order valence-electron chi connectivity index (χ1n) is 6.94. The Labute approximate surface area is 128 Å². The first kappa shape index (κ1) is 15.4. The molecule has 1 amide bonds. The zero-order valence-corrected chi connectivity index (χ0v) is 13.3. The Kier molecular flexibility index (Phi) is 5.94. The molecule has 1 aliphatic heterocycles. The fourth-order valence-electron chi connectivity index (χ4n) is 2.34. The zero-order chi connectivity index (χ0) is 14.4. The van der Waals surface area contributed by atoms with Crippen LogP contribution in [0.2, 0.25) is 0 Å². The molecule has 1 saturated heterocycles. The van der Waals surface area contributed by atoms with E-state index in [0.29, 0.717) is 12.6 Å². The summed E-state index contributed by atoms with van der Waals surface area (Å²) >= 11 is 3.38. The number of piperidine rings is 1. The summed E-state index contributed by atoms with van der Waals surface area (Å²) in [5.41, 5.74) is 1.06. The lowest BCUT2D eigenvalue weighted by Gasteiger charge is -2.31. The molecule has 0 saturated carbocycles. The molecule has 110 valence electrons. The monoisotopic (exact) mass is 340 g/mol. The third-order valence-electron chi connectivity index (χ3n) is 3.59.